The molecule has 0 N–H and O–H groups in total. The van der Waals surface area contributed by atoms with Crippen LogP contribution in [0, 0.1) is 18.3 Å². The highest BCUT2D eigenvalue weighted by Crippen LogP contribution is 2.40. The SMILES string of the molecule is CCc1nc2ccc(C(C)(c3ccc(C#N)cc3)c3cncn3C)cc2c(Cl)c1C. The molecule has 0 spiro atoms. The van der Waals surface area contributed by atoms with E-state index in [2.05, 4.69) is 37.0 Å². The lowest BCUT2D eigenvalue weighted by atomic mass is 9.73. The molecule has 4 rings (SSSR count). The van der Waals surface area contributed by atoms with Crippen molar-refractivity contribution in [2.24, 2.45) is 7.05 Å². The minimum atomic E-state index is -0.478. The number of nitriles is 1. The Bertz CT molecular complexity index is 1280. The Morgan fingerprint density at radius 3 is 2.43 bits per heavy atom. The van der Waals surface area contributed by atoms with Crippen LogP contribution in [-0.2, 0) is 18.9 Å². The van der Waals surface area contributed by atoms with Gasteiger partial charge in [-0.15, -0.1) is 0 Å². The minimum absolute atomic E-state index is 0.478. The fourth-order valence-corrected chi connectivity index (χ4v) is 4.46. The number of rotatable bonds is 4. The lowest BCUT2D eigenvalue weighted by molar-refractivity contribution is 0.626. The predicted octanol–water partition coefficient (Wildman–Crippen LogP) is 5.72. The maximum Gasteiger partial charge on any atom is 0.0991 e. The van der Waals surface area contributed by atoms with Crippen molar-refractivity contribution in [3.8, 4) is 6.07 Å². The highest BCUT2D eigenvalue weighted by Gasteiger charge is 2.34. The quantitative estimate of drug-likeness (QED) is 0.429. The summed E-state index contributed by atoms with van der Waals surface area (Å²) in [7, 11) is 2.00. The van der Waals surface area contributed by atoms with Gasteiger partial charge in [0.1, 0.15) is 0 Å². The Morgan fingerprint density at radius 1 is 1.13 bits per heavy atom. The third kappa shape index (κ3) is 3.07. The number of nitrogens with zero attached hydrogens (tertiary/aromatic N) is 4. The number of aromatic nitrogens is 3. The lowest BCUT2D eigenvalue weighted by Gasteiger charge is -2.32. The first-order valence-corrected chi connectivity index (χ1v) is 10.3. The topological polar surface area (TPSA) is 54.5 Å². The van der Waals surface area contributed by atoms with E-state index in [0.717, 1.165) is 50.4 Å². The minimum Gasteiger partial charge on any atom is -0.337 e. The van der Waals surface area contributed by atoms with Gasteiger partial charge < -0.3 is 4.57 Å². The van der Waals surface area contributed by atoms with Crippen molar-refractivity contribution in [3.05, 3.63) is 93.7 Å². The molecule has 0 amide bonds. The van der Waals surface area contributed by atoms with E-state index in [1.165, 1.54) is 0 Å². The summed E-state index contributed by atoms with van der Waals surface area (Å²) in [6.07, 6.45) is 4.55. The number of imidazole rings is 1. The Labute approximate surface area is 181 Å². The molecule has 0 radical (unpaired) electrons. The second-order valence-electron chi connectivity index (χ2n) is 7.79. The van der Waals surface area contributed by atoms with E-state index in [0.29, 0.717) is 5.56 Å². The average molecular weight is 415 g/mol. The van der Waals surface area contributed by atoms with Gasteiger partial charge >= 0.3 is 0 Å². The van der Waals surface area contributed by atoms with Crippen LogP contribution in [0.1, 0.15) is 47.5 Å². The van der Waals surface area contributed by atoms with Gasteiger partial charge in [0, 0.05) is 24.3 Å². The molecule has 0 bridgehead atoms. The predicted molar refractivity (Wildman–Crippen MR) is 121 cm³/mol. The summed E-state index contributed by atoms with van der Waals surface area (Å²) in [6, 6.07) is 16.3. The van der Waals surface area contributed by atoms with E-state index in [4.69, 9.17) is 16.6 Å². The van der Waals surface area contributed by atoms with Crippen LogP contribution in [0.5, 0.6) is 0 Å². The normalized spacial score (nSPS) is 13.2. The molecule has 0 saturated heterocycles. The lowest BCUT2D eigenvalue weighted by Crippen LogP contribution is -2.28. The van der Waals surface area contributed by atoms with Crippen LogP contribution < -0.4 is 0 Å². The molecular formula is C25H23ClN4. The largest absolute Gasteiger partial charge is 0.337 e. The van der Waals surface area contributed by atoms with Crippen molar-refractivity contribution < 1.29 is 0 Å². The first-order valence-electron chi connectivity index (χ1n) is 9.96. The maximum absolute atomic E-state index is 9.21. The summed E-state index contributed by atoms with van der Waals surface area (Å²) in [5.74, 6) is 0. The summed E-state index contributed by atoms with van der Waals surface area (Å²) in [6.45, 7) is 6.30. The Balaban J connectivity index is 2.00. The number of hydrogen-bond donors (Lipinski definition) is 0. The van der Waals surface area contributed by atoms with E-state index in [9.17, 15) is 5.26 Å². The number of halogens is 1. The zero-order valence-corrected chi connectivity index (χ0v) is 18.3. The van der Waals surface area contributed by atoms with Crippen molar-refractivity contribution in [2.75, 3.05) is 0 Å². The van der Waals surface area contributed by atoms with Gasteiger partial charge in [0.2, 0.25) is 0 Å². The smallest absolute Gasteiger partial charge is 0.0991 e. The fraction of sp³-hybridized carbons (Fsp3) is 0.240. The molecule has 2 aromatic heterocycles. The van der Waals surface area contributed by atoms with E-state index < -0.39 is 5.41 Å². The monoisotopic (exact) mass is 414 g/mol. The van der Waals surface area contributed by atoms with Gasteiger partial charge in [0.25, 0.3) is 0 Å². The van der Waals surface area contributed by atoms with Crippen molar-refractivity contribution in [1.82, 2.24) is 14.5 Å². The van der Waals surface area contributed by atoms with Crippen molar-refractivity contribution in [1.29, 1.82) is 5.26 Å². The van der Waals surface area contributed by atoms with Crippen molar-refractivity contribution in [2.45, 2.75) is 32.6 Å². The van der Waals surface area contributed by atoms with Gasteiger partial charge in [-0.25, -0.2) is 4.98 Å². The summed E-state index contributed by atoms with van der Waals surface area (Å²) >= 11 is 6.78. The van der Waals surface area contributed by atoms with Gasteiger partial charge in [-0.1, -0.05) is 36.7 Å². The Hall–Kier alpha value is -3.16. The van der Waals surface area contributed by atoms with Crippen LogP contribution in [0.25, 0.3) is 10.9 Å². The number of hydrogen-bond acceptors (Lipinski definition) is 3. The van der Waals surface area contributed by atoms with Gasteiger partial charge in [0.05, 0.1) is 39.6 Å². The molecule has 0 fully saturated rings. The average Bonchev–Trinajstić information content (AvgIpc) is 3.21. The first kappa shape index (κ1) is 20.1. The molecule has 5 heteroatoms. The highest BCUT2D eigenvalue weighted by molar-refractivity contribution is 6.36. The molecule has 1 atom stereocenters. The summed E-state index contributed by atoms with van der Waals surface area (Å²) in [5, 5.41) is 10.9. The van der Waals surface area contributed by atoms with E-state index in [-0.39, 0.29) is 0 Å². The van der Waals surface area contributed by atoms with Crippen molar-refractivity contribution in [3.63, 3.8) is 0 Å². The molecule has 0 aliphatic heterocycles. The molecule has 0 aliphatic rings. The zero-order chi connectivity index (χ0) is 21.5. The maximum atomic E-state index is 9.21. The second kappa shape index (κ2) is 7.59. The number of fused-ring (bicyclic) bond motifs is 1. The van der Waals surface area contributed by atoms with Crippen LogP contribution in [0.4, 0.5) is 0 Å². The van der Waals surface area contributed by atoms with Crippen LogP contribution in [0.2, 0.25) is 5.02 Å². The standard InChI is InChI=1S/C25H23ClN4/c1-5-21-16(2)24(26)20-12-19(10-11-22(20)29-21)25(3,23-14-28-15-30(23)4)18-8-6-17(13-27)7-9-18/h6-12,14-15H,5H2,1-4H3. The molecular weight excluding hydrogens is 392 g/mol. The molecule has 0 saturated carbocycles. The zero-order valence-electron chi connectivity index (χ0n) is 17.6. The second-order valence-corrected chi connectivity index (χ2v) is 8.16. The molecule has 150 valence electrons. The summed E-state index contributed by atoms with van der Waals surface area (Å²) in [5.41, 5.74) is 6.35. The molecule has 2 aromatic carbocycles. The summed E-state index contributed by atoms with van der Waals surface area (Å²) < 4.78 is 2.04. The number of aryl methyl sites for hydroxylation is 2. The van der Waals surface area contributed by atoms with Gasteiger partial charge in [-0.2, -0.15) is 5.26 Å². The van der Waals surface area contributed by atoms with E-state index in [1.54, 1.807) is 0 Å². The van der Waals surface area contributed by atoms with Crippen LogP contribution in [0.3, 0.4) is 0 Å². The molecule has 1 unspecified atom stereocenters. The molecule has 0 aliphatic carbocycles. The van der Waals surface area contributed by atoms with Crippen molar-refractivity contribution >= 4 is 22.5 Å². The van der Waals surface area contributed by atoms with Crippen LogP contribution >= 0.6 is 11.6 Å². The fourth-order valence-electron chi connectivity index (χ4n) is 4.20. The van der Waals surface area contributed by atoms with Gasteiger partial charge in [-0.05, 0) is 61.2 Å². The van der Waals surface area contributed by atoms with Crippen LogP contribution in [-0.4, -0.2) is 14.5 Å². The Kier molecular flexibility index (Phi) is 5.09. The number of pyridine rings is 1. The van der Waals surface area contributed by atoms with E-state index >= 15 is 0 Å². The molecule has 2 heterocycles. The van der Waals surface area contributed by atoms with E-state index in [1.807, 2.05) is 61.4 Å². The van der Waals surface area contributed by atoms with Gasteiger partial charge in [-0.3, -0.25) is 4.98 Å². The highest BCUT2D eigenvalue weighted by atomic mass is 35.5. The van der Waals surface area contributed by atoms with Gasteiger partial charge in [0.15, 0.2) is 0 Å². The first-order chi connectivity index (χ1) is 14.4. The third-order valence-electron chi connectivity index (χ3n) is 6.08. The molecule has 30 heavy (non-hydrogen) atoms. The Morgan fingerprint density at radius 2 is 1.83 bits per heavy atom. The van der Waals surface area contributed by atoms with Crippen LogP contribution in [0.15, 0.2) is 55.0 Å². The molecule has 4 nitrogen and oxygen atoms in total. The third-order valence-corrected chi connectivity index (χ3v) is 6.57. The molecule has 4 aromatic rings. The number of benzene rings is 2. The summed E-state index contributed by atoms with van der Waals surface area (Å²) in [4.78, 5) is 9.18.